The summed E-state index contributed by atoms with van der Waals surface area (Å²) < 4.78 is 12.6. The first-order valence-electron chi connectivity index (χ1n) is 10.1. The van der Waals surface area contributed by atoms with E-state index < -0.39 is 0 Å². The van der Waals surface area contributed by atoms with Crippen molar-refractivity contribution in [2.45, 2.75) is 20.4 Å². The maximum Gasteiger partial charge on any atom is 0.258 e. The molecule has 2 heterocycles. The van der Waals surface area contributed by atoms with Crippen molar-refractivity contribution in [3.05, 3.63) is 76.8 Å². The number of anilines is 2. The van der Waals surface area contributed by atoms with Crippen LogP contribution in [0.1, 0.15) is 12.6 Å². The zero-order valence-corrected chi connectivity index (χ0v) is 18.1. The second kappa shape index (κ2) is 8.52. The number of methoxy groups -OCH3 is 2. The molecule has 6 heteroatoms. The SMILES string of the molecule is CCn1c(=O)c(-c2cc(OC)cc(OC)c2)cc2ccc(Nc3ccnc(C)c3)cc21. The van der Waals surface area contributed by atoms with Gasteiger partial charge in [0.2, 0.25) is 0 Å². The summed E-state index contributed by atoms with van der Waals surface area (Å²) >= 11 is 0. The Balaban J connectivity index is 1.84. The number of aryl methyl sites for hydroxylation is 2. The lowest BCUT2D eigenvalue weighted by atomic mass is 10.0. The van der Waals surface area contributed by atoms with Gasteiger partial charge in [0.15, 0.2) is 0 Å². The number of rotatable bonds is 6. The van der Waals surface area contributed by atoms with Gasteiger partial charge < -0.3 is 19.4 Å². The zero-order valence-electron chi connectivity index (χ0n) is 18.1. The van der Waals surface area contributed by atoms with E-state index in [-0.39, 0.29) is 5.56 Å². The fourth-order valence-electron chi connectivity index (χ4n) is 3.72. The molecular weight excluding hydrogens is 390 g/mol. The van der Waals surface area contributed by atoms with Crippen LogP contribution < -0.4 is 20.3 Å². The van der Waals surface area contributed by atoms with Gasteiger partial charge in [-0.25, -0.2) is 0 Å². The van der Waals surface area contributed by atoms with Crippen molar-refractivity contribution < 1.29 is 9.47 Å². The van der Waals surface area contributed by atoms with Gasteiger partial charge in [-0.2, -0.15) is 0 Å². The summed E-state index contributed by atoms with van der Waals surface area (Å²) in [4.78, 5) is 17.6. The second-order valence-corrected chi connectivity index (χ2v) is 7.29. The van der Waals surface area contributed by atoms with Gasteiger partial charge in [-0.15, -0.1) is 0 Å². The lowest BCUT2D eigenvalue weighted by Crippen LogP contribution is -2.21. The molecule has 0 aliphatic rings. The van der Waals surface area contributed by atoms with E-state index in [1.54, 1.807) is 31.0 Å². The molecule has 0 saturated carbocycles. The fraction of sp³-hybridized carbons (Fsp3) is 0.200. The van der Waals surface area contributed by atoms with Crippen LogP contribution in [-0.4, -0.2) is 23.8 Å². The van der Waals surface area contributed by atoms with Gasteiger partial charge in [-0.1, -0.05) is 6.07 Å². The number of benzene rings is 2. The van der Waals surface area contributed by atoms with E-state index >= 15 is 0 Å². The Bertz CT molecular complexity index is 1290. The van der Waals surface area contributed by atoms with Gasteiger partial charge in [0.05, 0.1) is 19.7 Å². The van der Waals surface area contributed by atoms with Crippen LogP contribution in [0.5, 0.6) is 11.5 Å². The maximum atomic E-state index is 13.4. The number of fused-ring (bicyclic) bond motifs is 1. The molecule has 0 aliphatic heterocycles. The van der Waals surface area contributed by atoms with Crippen molar-refractivity contribution >= 4 is 22.3 Å². The molecule has 6 nitrogen and oxygen atoms in total. The van der Waals surface area contributed by atoms with Gasteiger partial charge >= 0.3 is 0 Å². The van der Waals surface area contributed by atoms with Gasteiger partial charge in [-0.05, 0) is 67.3 Å². The highest BCUT2D eigenvalue weighted by atomic mass is 16.5. The lowest BCUT2D eigenvalue weighted by molar-refractivity contribution is 0.394. The first kappa shape index (κ1) is 20.5. The van der Waals surface area contributed by atoms with Gasteiger partial charge in [0.25, 0.3) is 5.56 Å². The van der Waals surface area contributed by atoms with Crippen molar-refractivity contribution in [1.29, 1.82) is 0 Å². The summed E-state index contributed by atoms with van der Waals surface area (Å²) in [5.74, 6) is 1.29. The molecule has 4 aromatic rings. The third-order valence-electron chi connectivity index (χ3n) is 5.26. The van der Waals surface area contributed by atoms with Crippen molar-refractivity contribution in [2.75, 3.05) is 19.5 Å². The number of nitrogens with one attached hydrogen (secondary N) is 1. The summed E-state index contributed by atoms with van der Waals surface area (Å²) in [6.45, 7) is 4.49. The smallest absolute Gasteiger partial charge is 0.258 e. The standard InChI is InChI=1S/C25H25N3O3/c1-5-28-24-14-19(27-20-8-9-26-16(2)10-20)7-6-17(24)13-23(25(28)29)18-11-21(30-3)15-22(12-18)31-4/h6-15H,5H2,1-4H3,(H,26,27). The molecule has 31 heavy (non-hydrogen) atoms. The van der Waals surface area contributed by atoms with Crippen LogP contribution in [0.15, 0.2) is 65.6 Å². The average Bonchev–Trinajstić information content (AvgIpc) is 2.78. The Morgan fingerprint density at radius 3 is 2.29 bits per heavy atom. The molecule has 0 unspecified atom stereocenters. The van der Waals surface area contributed by atoms with E-state index in [0.717, 1.165) is 33.5 Å². The van der Waals surface area contributed by atoms with E-state index in [0.29, 0.717) is 23.6 Å². The number of hydrogen-bond donors (Lipinski definition) is 1. The van der Waals surface area contributed by atoms with Crippen molar-refractivity contribution in [2.24, 2.45) is 0 Å². The van der Waals surface area contributed by atoms with Gasteiger partial charge in [-0.3, -0.25) is 9.78 Å². The molecule has 0 atom stereocenters. The average molecular weight is 415 g/mol. The molecule has 2 aromatic carbocycles. The molecule has 4 rings (SSSR count). The molecule has 0 saturated heterocycles. The molecule has 0 aliphatic carbocycles. The van der Waals surface area contributed by atoms with Crippen LogP contribution in [-0.2, 0) is 6.54 Å². The molecule has 0 spiro atoms. The molecule has 1 N–H and O–H groups in total. The molecular formula is C25H25N3O3. The summed E-state index contributed by atoms with van der Waals surface area (Å²) in [7, 11) is 3.20. The Hall–Kier alpha value is -3.80. The van der Waals surface area contributed by atoms with E-state index in [1.165, 1.54) is 0 Å². The minimum atomic E-state index is -0.0535. The fourth-order valence-corrected chi connectivity index (χ4v) is 3.72. The van der Waals surface area contributed by atoms with Crippen LogP contribution in [0.3, 0.4) is 0 Å². The quantitative estimate of drug-likeness (QED) is 0.472. The van der Waals surface area contributed by atoms with Crippen LogP contribution >= 0.6 is 0 Å². The molecule has 158 valence electrons. The summed E-state index contributed by atoms with van der Waals surface area (Å²) in [6, 6.07) is 17.4. The Morgan fingerprint density at radius 2 is 1.65 bits per heavy atom. The maximum absolute atomic E-state index is 13.4. The van der Waals surface area contributed by atoms with Crippen molar-refractivity contribution in [3.63, 3.8) is 0 Å². The number of ether oxygens (including phenoxy) is 2. The second-order valence-electron chi connectivity index (χ2n) is 7.29. The Morgan fingerprint density at radius 1 is 0.935 bits per heavy atom. The molecule has 0 amide bonds. The molecule has 2 aromatic heterocycles. The van der Waals surface area contributed by atoms with Crippen molar-refractivity contribution in [1.82, 2.24) is 9.55 Å². The first-order valence-corrected chi connectivity index (χ1v) is 10.1. The third kappa shape index (κ3) is 4.10. The number of pyridine rings is 2. The Kier molecular flexibility index (Phi) is 5.62. The van der Waals surface area contributed by atoms with E-state index in [4.69, 9.17) is 9.47 Å². The first-order chi connectivity index (χ1) is 15.0. The van der Waals surface area contributed by atoms with Gasteiger partial charge in [0.1, 0.15) is 11.5 Å². The zero-order chi connectivity index (χ0) is 22.0. The summed E-state index contributed by atoms with van der Waals surface area (Å²) in [6.07, 6.45) is 1.77. The highest BCUT2D eigenvalue weighted by Crippen LogP contribution is 2.30. The minimum Gasteiger partial charge on any atom is -0.497 e. The van der Waals surface area contributed by atoms with Crippen LogP contribution in [0.2, 0.25) is 0 Å². The number of aromatic nitrogens is 2. The van der Waals surface area contributed by atoms with Crippen LogP contribution in [0.4, 0.5) is 11.4 Å². The number of nitrogens with zero attached hydrogens (tertiary/aromatic N) is 2. The minimum absolute atomic E-state index is 0.0535. The molecule has 0 fully saturated rings. The predicted molar refractivity (Wildman–Crippen MR) is 125 cm³/mol. The van der Waals surface area contributed by atoms with E-state index in [9.17, 15) is 4.79 Å². The highest BCUT2D eigenvalue weighted by molar-refractivity contribution is 5.87. The van der Waals surface area contributed by atoms with Gasteiger partial charge in [0, 0.05) is 41.4 Å². The van der Waals surface area contributed by atoms with Crippen LogP contribution in [0.25, 0.3) is 22.0 Å². The van der Waals surface area contributed by atoms with E-state index in [2.05, 4.69) is 10.3 Å². The lowest BCUT2D eigenvalue weighted by Gasteiger charge is -2.15. The normalized spacial score (nSPS) is 10.8. The highest BCUT2D eigenvalue weighted by Gasteiger charge is 2.13. The largest absolute Gasteiger partial charge is 0.497 e. The topological polar surface area (TPSA) is 65.4 Å². The summed E-state index contributed by atoms with van der Waals surface area (Å²) in [5, 5.41) is 4.38. The van der Waals surface area contributed by atoms with Crippen LogP contribution in [0, 0.1) is 6.92 Å². The molecule has 0 radical (unpaired) electrons. The van der Waals surface area contributed by atoms with E-state index in [1.807, 2.05) is 62.4 Å². The third-order valence-corrected chi connectivity index (χ3v) is 5.26. The number of hydrogen-bond acceptors (Lipinski definition) is 5. The summed E-state index contributed by atoms with van der Waals surface area (Å²) in [5.41, 5.74) is 5.00. The predicted octanol–water partition coefficient (Wildman–Crippen LogP) is 5.15. The molecule has 0 bridgehead atoms. The Labute approximate surface area is 181 Å². The van der Waals surface area contributed by atoms with Crippen molar-refractivity contribution in [3.8, 4) is 22.6 Å². The monoisotopic (exact) mass is 415 g/mol.